The maximum Gasteiger partial charge on any atom is 0.292 e. The van der Waals surface area contributed by atoms with Crippen LogP contribution in [0.5, 0.6) is 0 Å². The number of fused-ring (bicyclic) bond motifs is 3. The zero-order chi connectivity index (χ0) is 12.2. The average Bonchev–Trinajstić information content (AvgIpc) is 2.68. The summed E-state index contributed by atoms with van der Waals surface area (Å²) in [6, 6.07) is 6.52. The Hall–Kier alpha value is -1.77. The van der Waals surface area contributed by atoms with Gasteiger partial charge in [0.15, 0.2) is 6.17 Å². The third-order valence-corrected chi connectivity index (χ3v) is 3.85. The van der Waals surface area contributed by atoms with Crippen LogP contribution in [-0.2, 0) is 7.05 Å². The number of aromatic nitrogens is 2. The van der Waals surface area contributed by atoms with E-state index in [9.17, 15) is 0 Å². The van der Waals surface area contributed by atoms with Crippen molar-refractivity contribution >= 4 is 5.69 Å². The molecule has 1 atom stereocenters. The molecule has 3 nitrogen and oxygen atoms in total. The first kappa shape index (κ1) is 10.4. The zero-order valence-corrected chi connectivity index (χ0v) is 10.8. The minimum absolute atomic E-state index is 0.362. The Morgan fingerprint density at radius 1 is 1.29 bits per heavy atom. The molecule has 0 saturated carbocycles. The van der Waals surface area contributed by atoms with Gasteiger partial charge in [0.05, 0.1) is 18.3 Å². The van der Waals surface area contributed by atoms with Crippen LogP contribution in [0.15, 0.2) is 30.6 Å². The van der Waals surface area contributed by atoms with Gasteiger partial charge in [-0.05, 0) is 25.5 Å². The molecular weight excluding hydrogens is 210 g/mol. The molecule has 1 aromatic heterocycles. The molecule has 0 aliphatic carbocycles. The normalized spacial score (nSPS) is 17.9. The number of anilines is 1. The van der Waals surface area contributed by atoms with Crippen molar-refractivity contribution in [3.05, 3.63) is 36.2 Å². The van der Waals surface area contributed by atoms with Gasteiger partial charge in [0.25, 0.3) is 5.82 Å². The highest BCUT2D eigenvalue weighted by atomic mass is 15.3. The van der Waals surface area contributed by atoms with Crippen LogP contribution in [0.4, 0.5) is 5.69 Å². The minimum Gasteiger partial charge on any atom is -0.335 e. The monoisotopic (exact) mass is 228 g/mol. The lowest BCUT2D eigenvalue weighted by Gasteiger charge is -2.31. The molecule has 17 heavy (non-hydrogen) atoms. The second-order valence-corrected chi connectivity index (χ2v) is 4.85. The summed E-state index contributed by atoms with van der Waals surface area (Å²) < 4.78 is 4.53. The summed E-state index contributed by atoms with van der Waals surface area (Å²) in [6.07, 6.45) is 4.65. The second kappa shape index (κ2) is 3.36. The van der Waals surface area contributed by atoms with Gasteiger partial charge in [0.1, 0.15) is 12.4 Å². The maximum absolute atomic E-state index is 2.33. The highest BCUT2D eigenvalue weighted by molar-refractivity contribution is 5.78. The molecule has 1 unspecified atom stereocenters. The second-order valence-electron chi connectivity index (χ2n) is 4.85. The van der Waals surface area contributed by atoms with Crippen molar-refractivity contribution in [3.8, 4) is 11.4 Å². The minimum atomic E-state index is 0.362. The third kappa shape index (κ3) is 1.25. The molecule has 3 rings (SSSR count). The van der Waals surface area contributed by atoms with Gasteiger partial charge in [-0.25, -0.2) is 9.13 Å². The summed E-state index contributed by atoms with van der Waals surface area (Å²) in [5.41, 5.74) is 4.00. The van der Waals surface area contributed by atoms with Crippen molar-refractivity contribution in [3.63, 3.8) is 0 Å². The largest absolute Gasteiger partial charge is 0.335 e. The van der Waals surface area contributed by atoms with Crippen LogP contribution >= 0.6 is 0 Å². The van der Waals surface area contributed by atoms with Crippen LogP contribution in [-0.4, -0.2) is 11.6 Å². The standard InChI is InChI=1S/C14H18N3/c1-10-6-5-7-12-13(10)14-15(3)8-9-17(14)11(2)16(12)4/h5-9,11H,1-4H3/q+1. The van der Waals surface area contributed by atoms with E-state index in [0.29, 0.717) is 6.17 Å². The molecular formula is C14H18N3+. The Bertz CT molecular complexity index is 583. The summed E-state index contributed by atoms with van der Waals surface area (Å²) in [5.74, 6) is 1.30. The average molecular weight is 228 g/mol. The number of benzene rings is 1. The molecule has 0 amide bonds. The summed E-state index contributed by atoms with van der Waals surface area (Å²) in [6.45, 7) is 4.41. The lowest BCUT2D eigenvalue weighted by molar-refractivity contribution is -0.659. The Morgan fingerprint density at radius 2 is 2.06 bits per heavy atom. The summed E-state index contributed by atoms with van der Waals surface area (Å²) in [4.78, 5) is 2.33. The number of imidazole rings is 1. The fourth-order valence-electron chi connectivity index (χ4n) is 2.73. The van der Waals surface area contributed by atoms with E-state index in [1.807, 2.05) is 0 Å². The number of nitrogens with zero attached hydrogens (tertiary/aromatic N) is 3. The number of hydrogen-bond donors (Lipinski definition) is 0. The Labute approximate surface area is 102 Å². The first-order chi connectivity index (χ1) is 8.11. The smallest absolute Gasteiger partial charge is 0.292 e. The van der Waals surface area contributed by atoms with Gasteiger partial charge in [-0.2, -0.15) is 0 Å². The number of hydrogen-bond acceptors (Lipinski definition) is 1. The highest BCUT2D eigenvalue weighted by Gasteiger charge is 2.33. The predicted octanol–water partition coefficient (Wildman–Crippen LogP) is 2.26. The first-order valence-electron chi connectivity index (χ1n) is 6.00. The van der Waals surface area contributed by atoms with E-state index in [4.69, 9.17) is 0 Å². The van der Waals surface area contributed by atoms with E-state index in [1.54, 1.807) is 0 Å². The molecule has 2 aromatic rings. The van der Waals surface area contributed by atoms with Gasteiger partial charge in [0.2, 0.25) is 0 Å². The van der Waals surface area contributed by atoms with E-state index >= 15 is 0 Å². The molecule has 2 heterocycles. The molecule has 0 fully saturated rings. The van der Waals surface area contributed by atoms with Crippen LogP contribution in [0.25, 0.3) is 11.4 Å². The Morgan fingerprint density at radius 3 is 2.82 bits per heavy atom. The van der Waals surface area contributed by atoms with Crippen LogP contribution in [0.1, 0.15) is 18.7 Å². The zero-order valence-electron chi connectivity index (χ0n) is 10.8. The fourth-order valence-corrected chi connectivity index (χ4v) is 2.73. The SMILES string of the molecule is Cc1cccc2c1-c1n(cc[n+]1C)C(C)N2C. The fraction of sp³-hybridized carbons (Fsp3) is 0.357. The van der Waals surface area contributed by atoms with Crippen LogP contribution < -0.4 is 9.47 Å². The van der Waals surface area contributed by atoms with Gasteiger partial charge < -0.3 is 4.90 Å². The van der Waals surface area contributed by atoms with Gasteiger partial charge in [0, 0.05) is 7.05 Å². The molecule has 1 aliphatic heterocycles. The Kier molecular flexibility index (Phi) is 2.05. The van der Waals surface area contributed by atoms with Crippen molar-refractivity contribution in [2.24, 2.45) is 7.05 Å². The van der Waals surface area contributed by atoms with Crippen LogP contribution in [0.2, 0.25) is 0 Å². The van der Waals surface area contributed by atoms with Gasteiger partial charge in [-0.15, -0.1) is 0 Å². The molecule has 0 N–H and O–H groups in total. The van der Waals surface area contributed by atoms with E-state index in [2.05, 4.69) is 72.6 Å². The van der Waals surface area contributed by atoms with Crippen molar-refractivity contribution in [2.75, 3.05) is 11.9 Å². The van der Waals surface area contributed by atoms with Crippen molar-refractivity contribution in [2.45, 2.75) is 20.0 Å². The lowest BCUT2D eigenvalue weighted by Crippen LogP contribution is -2.37. The summed E-state index contributed by atoms with van der Waals surface area (Å²) in [5, 5.41) is 0. The third-order valence-electron chi connectivity index (χ3n) is 3.85. The van der Waals surface area contributed by atoms with E-state index in [-0.39, 0.29) is 0 Å². The van der Waals surface area contributed by atoms with Crippen molar-refractivity contribution in [1.29, 1.82) is 0 Å². The maximum atomic E-state index is 2.33. The Balaban J connectivity index is 2.39. The molecule has 1 aliphatic rings. The van der Waals surface area contributed by atoms with E-state index in [0.717, 1.165) is 0 Å². The van der Waals surface area contributed by atoms with Crippen molar-refractivity contribution in [1.82, 2.24) is 4.57 Å². The van der Waals surface area contributed by atoms with Crippen LogP contribution in [0.3, 0.4) is 0 Å². The summed E-state index contributed by atoms with van der Waals surface area (Å²) in [7, 11) is 4.27. The van der Waals surface area contributed by atoms with Gasteiger partial charge in [-0.3, -0.25) is 0 Å². The number of aryl methyl sites for hydroxylation is 2. The molecule has 88 valence electrons. The lowest BCUT2D eigenvalue weighted by atomic mass is 10.0. The molecule has 0 saturated heterocycles. The molecule has 0 spiro atoms. The first-order valence-corrected chi connectivity index (χ1v) is 6.00. The van der Waals surface area contributed by atoms with Crippen LogP contribution in [0, 0.1) is 6.92 Å². The number of rotatable bonds is 0. The molecule has 0 bridgehead atoms. The summed E-state index contributed by atoms with van der Waals surface area (Å²) >= 11 is 0. The quantitative estimate of drug-likeness (QED) is 0.630. The van der Waals surface area contributed by atoms with Crippen molar-refractivity contribution < 1.29 is 4.57 Å². The highest BCUT2D eigenvalue weighted by Crippen LogP contribution is 2.39. The molecule has 0 radical (unpaired) electrons. The van der Waals surface area contributed by atoms with Gasteiger partial charge in [-0.1, -0.05) is 12.1 Å². The predicted molar refractivity (Wildman–Crippen MR) is 68.9 cm³/mol. The van der Waals surface area contributed by atoms with E-state index in [1.165, 1.54) is 22.6 Å². The van der Waals surface area contributed by atoms with Gasteiger partial charge >= 0.3 is 0 Å². The van der Waals surface area contributed by atoms with E-state index < -0.39 is 0 Å². The molecule has 1 aromatic carbocycles. The molecule has 3 heteroatoms. The topological polar surface area (TPSA) is 12.0 Å².